The van der Waals surface area contributed by atoms with Crippen LogP contribution in [-0.4, -0.2) is 19.3 Å². The van der Waals surface area contributed by atoms with Crippen LogP contribution in [0.2, 0.25) is 0 Å². The van der Waals surface area contributed by atoms with Gasteiger partial charge in [0.2, 0.25) is 5.88 Å². The third kappa shape index (κ3) is 2.65. The molecule has 2 aliphatic rings. The van der Waals surface area contributed by atoms with Gasteiger partial charge >= 0.3 is 0 Å². The molecule has 0 radical (unpaired) electrons. The van der Waals surface area contributed by atoms with Crippen LogP contribution in [0.5, 0.6) is 0 Å². The van der Waals surface area contributed by atoms with Gasteiger partial charge in [0.1, 0.15) is 0 Å². The minimum atomic E-state index is 0.586. The standard InChI is InChI=1S/C19H24N2O/c1-21(2)19-17-10-9-16(12-18(17)20-22-19)15-7-5-14(6-8-15)11-13-3-4-13/h5-8,13,16H,3-4,9-12H2,1-2H3. The Bertz CT molecular complexity index is 653. The van der Waals surface area contributed by atoms with Gasteiger partial charge in [-0.1, -0.05) is 29.4 Å². The van der Waals surface area contributed by atoms with Crippen LogP contribution in [0.25, 0.3) is 0 Å². The quantitative estimate of drug-likeness (QED) is 0.855. The van der Waals surface area contributed by atoms with Crippen LogP contribution in [-0.2, 0) is 19.3 Å². The van der Waals surface area contributed by atoms with Gasteiger partial charge in [-0.25, -0.2) is 0 Å². The number of hydrogen-bond acceptors (Lipinski definition) is 3. The van der Waals surface area contributed by atoms with Gasteiger partial charge in [-0.2, -0.15) is 0 Å². The van der Waals surface area contributed by atoms with Crippen molar-refractivity contribution < 1.29 is 4.52 Å². The summed E-state index contributed by atoms with van der Waals surface area (Å²) in [7, 11) is 4.04. The van der Waals surface area contributed by atoms with E-state index in [1.165, 1.54) is 42.4 Å². The maximum atomic E-state index is 5.51. The zero-order valence-corrected chi connectivity index (χ0v) is 13.5. The lowest BCUT2D eigenvalue weighted by atomic mass is 9.82. The molecule has 0 aliphatic heterocycles. The van der Waals surface area contributed by atoms with Gasteiger partial charge in [0, 0.05) is 26.1 Å². The van der Waals surface area contributed by atoms with E-state index in [2.05, 4.69) is 29.4 Å². The first kappa shape index (κ1) is 13.9. The molecule has 22 heavy (non-hydrogen) atoms. The number of benzene rings is 1. The Kier molecular flexibility index (Phi) is 3.44. The van der Waals surface area contributed by atoms with Crippen molar-refractivity contribution in [2.75, 3.05) is 19.0 Å². The maximum Gasteiger partial charge on any atom is 0.230 e. The molecular formula is C19H24N2O. The fourth-order valence-corrected chi connectivity index (χ4v) is 3.61. The van der Waals surface area contributed by atoms with Gasteiger partial charge in [0.05, 0.1) is 5.69 Å². The smallest absolute Gasteiger partial charge is 0.230 e. The Hall–Kier alpha value is -1.77. The first-order valence-electron chi connectivity index (χ1n) is 8.44. The zero-order chi connectivity index (χ0) is 15.1. The molecule has 1 fully saturated rings. The van der Waals surface area contributed by atoms with Crippen LogP contribution in [0, 0.1) is 5.92 Å². The number of anilines is 1. The highest BCUT2D eigenvalue weighted by atomic mass is 16.5. The van der Waals surface area contributed by atoms with E-state index in [0.29, 0.717) is 5.92 Å². The van der Waals surface area contributed by atoms with Crippen LogP contribution in [0.4, 0.5) is 5.88 Å². The molecule has 3 heteroatoms. The molecular weight excluding hydrogens is 272 g/mol. The van der Waals surface area contributed by atoms with E-state index in [0.717, 1.165) is 30.3 Å². The van der Waals surface area contributed by atoms with Crippen molar-refractivity contribution >= 4 is 5.88 Å². The number of rotatable bonds is 4. The molecule has 0 spiro atoms. The van der Waals surface area contributed by atoms with Gasteiger partial charge in [-0.05, 0) is 55.1 Å². The van der Waals surface area contributed by atoms with Crippen molar-refractivity contribution in [2.45, 2.75) is 44.4 Å². The fourth-order valence-electron chi connectivity index (χ4n) is 3.61. The number of hydrogen-bond donors (Lipinski definition) is 0. The van der Waals surface area contributed by atoms with Gasteiger partial charge in [0.25, 0.3) is 0 Å². The van der Waals surface area contributed by atoms with Crippen LogP contribution in [0.1, 0.15) is 47.6 Å². The summed E-state index contributed by atoms with van der Waals surface area (Å²) in [5.74, 6) is 2.48. The highest BCUT2D eigenvalue weighted by Crippen LogP contribution is 2.37. The molecule has 0 amide bonds. The van der Waals surface area contributed by atoms with Crippen molar-refractivity contribution in [3.05, 3.63) is 46.6 Å². The Labute approximate surface area is 132 Å². The molecule has 0 N–H and O–H groups in total. The third-order valence-electron chi connectivity index (χ3n) is 5.11. The van der Waals surface area contributed by atoms with Gasteiger partial charge in [-0.15, -0.1) is 0 Å². The predicted octanol–water partition coefficient (Wildman–Crippen LogP) is 3.97. The lowest BCUT2D eigenvalue weighted by Gasteiger charge is -2.22. The van der Waals surface area contributed by atoms with Crippen LogP contribution >= 0.6 is 0 Å². The Morgan fingerprint density at radius 3 is 2.59 bits per heavy atom. The fraction of sp³-hybridized carbons (Fsp3) is 0.526. The molecule has 116 valence electrons. The first-order valence-corrected chi connectivity index (χ1v) is 8.44. The Balaban J connectivity index is 1.49. The summed E-state index contributed by atoms with van der Waals surface area (Å²) in [6.07, 6.45) is 7.39. The Morgan fingerprint density at radius 1 is 1.14 bits per heavy atom. The van der Waals surface area contributed by atoms with Gasteiger partial charge in [0.15, 0.2) is 0 Å². The van der Waals surface area contributed by atoms with Crippen molar-refractivity contribution in [2.24, 2.45) is 5.92 Å². The predicted molar refractivity (Wildman–Crippen MR) is 88.5 cm³/mol. The maximum absolute atomic E-state index is 5.51. The zero-order valence-electron chi connectivity index (χ0n) is 13.5. The second-order valence-electron chi connectivity index (χ2n) is 7.14. The lowest BCUT2D eigenvalue weighted by molar-refractivity contribution is 0.413. The normalized spacial score (nSPS) is 20.7. The molecule has 1 heterocycles. The van der Waals surface area contributed by atoms with Gasteiger partial charge < -0.3 is 9.42 Å². The molecule has 1 aromatic carbocycles. The molecule has 1 aromatic heterocycles. The highest BCUT2D eigenvalue weighted by molar-refractivity contribution is 5.47. The summed E-state index contributed by atoms with van der Waals surface area (Å²) in [5, 5.41) is 4.30. The summed E-state index contributed by atoms with van der Waals surface area (Å²) < 4.78 is 5.51. The van der Waals surface area contributed by atoms with E-state index in [9.17, 15) is 0 Å². The number of nitrogens with zero attached hydrogens (tertiary/aromatic N) is 2. The first-order chi connectivity index (χ1) is 10.7. The van der Waals surface area contributed by atoms with E-state index in [1.807, 2.05) is 19.0 Å². The van der Waals surface area contributed by atoms with Crippen molar-refractivity contribution in [3.63, 3.8) is 0 Å². The topological polar surface area (TPSA) is 29.3 Å². The SMILES string of the molecule is CN(C)c1onc2c1CCC(c1ccc(CC3CC3)cc1)C2. The van der Waals surface area contributed by atoms with E-state index >= 15 is 0 Å². The summed E-state index contributed by atoms with van der Waals surface area (Å²) in [6.45, 7) is 0. The van der Waals surface area contributed by atoms with Crippen LogP contribution < -0.4 is 4.90 Å². The second kappa shape index (κ2) is 5.45. The molecule has 2 aromatic rings. The molecule has 1 unspecified atom stereocenters. The average molecular weight is 296 g/mol. The van der Waals surface area contributed by atoms with Crippen LogP contribution in [0.15, 0.2) is 28.8 Å². The monoisotopic (exact) mass is 296 g/mol. The van der Waals surface area contributed by atoms with Crippen molar-refractivity contribution in [1.82, 2.24) is 5.16 Å². The summed E-state index contributed by atoms with van der Waals surface area (Å²) >= 11 is 0. The molecule has 1 saturated carbocycles. The highest BCUT2D eigenvalue weighted by Gasteiger charge is 2.27. The summed E-state index contributed by atoms with van der Waals surface area (Å²) in [6, 6.07) is 9.33. The van der Waals surface area contributed by atoms with E-state index in [-0.39, 0.29) is 0 Å². The molecule has 0 saturated heterocycles. The minimum Gasteiger partial charge on any atom is -0.347 e. The largest absolute Gasteiger partial charge is 0.347 e. The third-order valence-corrected chi connectivity index (χ3v) is 5.11. The van der Waals surface area contributed by atoms with E-state index in [4.69, 9.17) is 4.52 Å². The molecule has 3 nitrogen and oxygen atoms in total. The van der Waals surface area contributed by atoms with Crippen LogP contribution in [0.3, 0.4) is 0 Å². The number of fused-ring (bicyclic) bond motifs is 1. The number of aromatic nitrogens is 1. The Morgan fingerprint density at radius 2 is 1.91 bits per heavy atom. The minimum absolute atomic E-state index is 0.586. The van der Waals surface area contributed by atoms with Gasteiger partial charge in [-0.3, -0.25) is 0 Å². The molecule has 2 aliphatic carbocycles. The molecule has 0 bridgehead atoms. The molecule has 4 rings (SSSR count). The molecule has 1 atom stereocenters. The summed E-state index contributed by atoms with van der Waals surface area (Å²) in [5.41, 5.74) is 5.42. The van der Waals surface area contributed by atoms with E-state index in [1.54, 1.807) is 0 Å². The summed E-state index contributed by atoms with van der Waals surface area (Å²) in [4.78, 5) is 2.03. The average Bonchev–Trinajstić information content (AvgIpc) is 3.23. The second-order valence-corrected chi connectivity index (χ2v) is 7.14. The van der Waals surface area contributed by atoms with Crippen molar-refractivity contribution in [3.8, 4) is 0 Å². The lowest BCUT2D eigenvalue weighted by Crippen LogP contribution is -2.15. The van der Waals surface area contributed by atoms with Crippen molar-refractivity contribution in [1.29, 1.82) is 0 Å². The van der Waals surface area contributed by atoms with E-state index < -0.39 is 0 Å².